The van der Waals surface area contributed by atoms with Gasteiger partial charge >= 0.3 is 6.18 Å². The third-order valence-corrected chi connectivity index (χ3v) is 3.06. The highest BCUT2D eigenvalue weighted by Gasteiger charge is 2.35. The van der Waals surface area contributed by atoms with E-state index in [4.69, 9.17) is 21.1 Å². The maximum Gasteiger partial charge on any atom is 0.419 e. The Morgan fingerprint density at radius 1 is 1.10 bits per heavy atom. The monoisotopic (exact) mass is 316 g/mol. The lowest BCUT2D eigenvalue weighted by Crippen LogP contribution is -2.15. The maximum absolute atomic E-state index is 13.0. The van der Waals surface area contributed by atoms with Gasteiger partial charge in [-0.1, -0.05) is 0 Å². The molecule has 1 aliphatic rings. The summed E-state index contributed by atoms with van der Waals surface area (Å²) >= 11 is 5.61. The van der Waals surface area contributed by atoms with Crippen molar-refractivity contribution in [3.8, 4) is 22.8 Å². The van der Waals surface area contributed by atoms with Crippen molar-refractivity contribution in [1.82, 2.24) is 9.97 Å². The third-order valence-electron chi connectivity index (χ3n) is 2.88. The number of nitrogens with zero attached hydrogens (tertiary/aromatic N) is 2. The van der Waals surface area contributed by atoms with Crippen LogP contribution in [0.15, 0.2) is 24.4 Å². The van der Waals surface area contributed by atoms with Crippen LogP contribution in [0.25, 0.3) is 11.3 Å². The standard InChI is InChI=1S/C13H8ClF3N2O2/c14-12-18-6-8(13(15,16)17)11(19-12)7-1-2-9-10(5-7)21-4-3-20-9/h1-2,5-6H,3-4H2. The Labute approximate surface area is 122 Å². The summed E-state index contributed by atoms with van der Waals surface area (Å²) in [6.45, 7) is 0.743. The van der Waals surface area contributed by atoms with Gasteiger partial charge < -0.3 is 9.47 Å². The van der Waals surface area contributed by atoms with E-state index in [0.717, 1.165) is 0 Å². The van der Waals surface area contributed by atoms with Crippen LogP contribution in [0.4, 0.5) is 13.2 Å². The van der Waals surface area contributed by atoms with Crippen LogP contribution < -0.4 is 9.47 Å². The number of hydrogen-bond acceptors (Lipinski definition) is 4. The molecule has 0 saturated carbocycles. The molecule has 1 aromatic carbocycles. The number of alkyl halides is 3. The molecule has 110 valence electrons. The quantitative estimate of drug-likeness (QED) is 0.754. The molecular weight excluding hydrogens is 309 g/mol. The first-order chi connectivity index (χ1) is 9.95. The molecule has 8 heteroatoms. The fraction of sp³-hybridized carbons (Fsp3) is 0.231. The number of hydrogen-bond donors (Lipinski definition) is 0. The number of aromatic nitrogens is 2. The SMILES string of the molecule is FC(F)(F)c1cnc(Cl)nc1-c1ccc2c(c1)OCCO2. The average molecular weight is 317 g/mol. The predicted octanol–water partition coefficient (Wildman–Crippen LogP) is 3.59. The van der Waals surface area contributed by atoms with Crippen LogP contribution in [0.3, 0.4) is 0 Å². The van der Waals surface area contributed by atoms with E-state index in [-0.39, 0.29) is 16.5 Å². The van der Waals surface area contributed by atoms with E-state index in [2.05, 4.69) is 9.97 Å². The van der Waals surface area contributed by atoms with Gasteiger partial charge in [0.1, 0.15) is 18.8 Å². The van der Waals surface area contributed by atoms with E-state index in [1.165, 1.54) is 12.1 Å². The van der Waals surface area contributed by atoms with Gasteiger partial charge in [-0.05, 0) is 29.8 Å². The van der Waals surface area contributed by atoms with Gasteiger partial charge in [0.15, 0.2) is 11.5 Å². The summed E-state index contributed by atoms with van der Waals surface area (Å²) in [5.74, 6) is 0.861. The first kappa shape index (κ1) is 13.9. The van der Waals surface area contributed by atoms with Crippen molar-refractivity contribution >= 4 is 11.6 Å². The van der Waals surface area contributed by atoms with Crippen molar-refractivity contribution in [2.75, 3.05) is 13.2 Å². The Kier molecular flexibility index (Phi) is 3.36. The van der Waals surface area contributed by atoms with Gasteiger partial charge in [-0.25, -0.2) is 9.97 Å². The summed E-state index contributed by atoms with van der Waals surface area (Å²) in [6, 6.07) is 4.46. The van der Waals surface area contributed by atoms with Gasteiger partial charge in [0.2, 0.25) is 5.28 Å². The molecule has 0 amide bonds. The predicted molar refractivity (Wildman–Crippen MR) is 68.5 cm³/mol. The molecule has 0 spiro atoms. The highest BCUT2D eigenvalue weighted by atomic mass is 35.5. The molecule has 0 unspecified atom stereocenters. The zero-order valence-corrected chi connectivity index (χ0v) is 11.2. The van der Waals surface area contributed by atoms with Crippen LogP contribution in [0.5, 0.6) is 11.5 Å². The topological polar surface area (TPSA) is 44.2 Å². The van der Waals surface area contributed by atoms with Crippen molar-refractivity contribution in [1.29, 1.82) is 0 Å². The van der Waals surface area contributed by atoms with E-state index >= 15 is 0 Å². The molecule has 0 bridgehead atoms. The van der Waals surface area contributed by atoms with E-state index < -0.39 is 11.7 Å². The zero-order chi connectivity index (χ0) is 15.0. The minimum absolute atomic E-state index is 0.232. The minimum Gasteiger partial charge on any atom is -0.486 e. The van der Waals surface area contributed by atoms with Crippen LogP contribution in [-0.2, 0) is 6.18 Å². The second-order valence-electron chi connectivity index (χ2n) is 4.26. The number of ether oxygens (including phenoxy) is 2. The number of benzene rings is 1. The van der Waals surface area contributed by atoms with Crippen LogP contribution in [-0.4, -0.2) is 23.2 Å². The molecule has 1 aliphatic heterocycles. The van der Waals surface area contributed by atoms with Crippen LogP contribution in [0, 0.1) is 0 Å². The van der Waals surface area contributed by atoms with Gasteiger partial charge in [-0.2, -0.15) is 13.2 Å². The zero-order valence-electron chi connectivity index (χ0n) is 10.4. The Hall–Kier alpha value is -2.02. The summed E-state index contributed by atoms with van der Waals surface area (Å²) in [5, 5.41) is -0.257. The number of fused-ring (bicyclic) bond motifs is 1. The second-order valence-corrected chi connectivity index (χ2v) is 4.60. The van der Waals surface area contributed by atoms with Crippen molar-refractivity contribution in [3.05, 3.63) is 35.2 Å². The molecule has 0 atom stereocenters. The molecule has 2 aromatic rings. The largest absolute Gasteiger partial charge is 0.486 e. The summed E-state index contributed by atoms with van der Waals surface area (Å²) in [6.07, 6.45) is -3.91. The fourth-order valence-corrected chi connectivity index (χ4v) is 2.11. The van der Waals surface area contributed by atoms with Crippen molar-refractivity contribution < 1.29 is 22.6 Å². The molecule has 0 N–H and O–H groups in total. The minimum atomic E-state index is -4.58. The molecular formula is C13H8ClF3N2O2. The highest BCUT2D eigenvalue weighted by molar-refractivity contribution is 6.28. The molecule has 21 heavy (non-hydrogen) atoms. The van der Waals surface area contributed by atoms with Crippen LogP contribution >= 0.6 is 11.6 Å². The second kappa shape index (κ2) is 5.07. The first-order valence-electron chi connectivity index (χ1n) is 5.95. The highest BCUT2D eigenvalue weighted by Crippen LogP contribution is 2.39. The van der Waals surface area contributed by atoms with E-state index in [1.54, 1.807) is 6.07 Å². The molecule has 1 aromatic heterocycles. The first-order valence-corrected chi connectivity index (χ1v) is 6.33. The fourth-order valence-electron chi connectivity index (χ4n) is 1.98. The molecule has 0 fully saturated rings. The number of halogens is 4. The molecule has 2 heterocycles. The molecule has 0 aliphatic carbocycles. The van der Waals surface area contributed by atoms with Gasteiger partial charge in [0.25, 0.3) is 0 Å². The van der Waals surface area contributed by atoms with E-state index in [9.17, 15) is 13.2 Å². The van der Waals surface area contributed by atoms with Crippen molar-refractivity contribution in [3.63, 3.8) is 0 Å². The summed E-state index contributed by atoms with van der Waals surface area (Å²) in [7, 11) is 0. The lowest BCUT2D eigenvalue weighted by atomic mass is 10.1. The Bertz CT molecular complexity index is 692. The Balaban J connectivity index is 2.14. The molecule has 0 saturated heterocycles. The van der Waals surface area contributed by atoms with Crippen LogP contribution in [0.1, 0.15) is 5.56 Å². The normalized spacial score (nSPS) is 14.1. The summed E-state index contributed by atoms with van der Waals surface area (Å²) in [5.41, 5.74) is -1.01. The Morgan fingerprint density at radius 3 is 2.52 bits per heavy atom. The van der Waals surface area contributed by atoms with Gasteiger partial charge in [-0.15, -0.1) is 0 Å². The number of rotatable bonds is 1. The Morgan fingerprint density at radius 2 is 1.81 bits per heavy atom. The van der Waals surface area contributed by atoms with E-state index in [0.29, 0.717) is 30.9 Å². The summed E-state index contributed by atoms with van der Waals surface area (Å²) < 4.78 is 49.8. The van der Waals surface area contributed by atoms with Gasteiger partial charge in [-0.3, -0.25) is 0 Å². The lowest BCUT2D eigenvalue weighted by Gasteiger charge is -2.19. The van der Waals surface area contributed by atoms with Crippen molar-refractivity contribution in [2.45, 2.75) is 6.18 Å². The molecule has 0 radical (unpaired) electrons. The molecule has 4 nitrogen and oxygen atoms in total. The molecule has 3 rings (SSSR count). The van der Waals surface area contributed by atoms with Crippen molar-refractivity contribution in [2.24, 2.45) is 0 Å². The van der Waals surface area contributed by atoms with E-state index in [1.807, 2.05) is 0 Å². The van der Waals surface area contributed by atoms with Crippen LogP contribution in [0.2, 0.25) is 5.28 Å². The van der Waals surface area contributed by atoms with Gasteiger partial charge in [0.05, 0.1) is 5.69 Å². The average Bonchev–Trinajstić information content (AvgIpc) is 2.45. The maximum atomic E-state index is 13.0. The smallest absolute Gasteiger partial charge is 0.419 e. The summed E-state index contributed by atoms with van der Waals surface area (Å²) in [4.78, 5) is 7.09. The van der Waals surface area contributed by atoms with Gasteiger partial charge in [0, 0.05) is 11.8 Å². The third kappa shape index (κ3) is 2.73. The lowest BCUT2D eigenvalue weighted by molar-refractivity contribution is -0.137.